The lowest BCUT2D eigenvalue weighted by molar-refractivity contribution is 0.707. The average molecular weight is 401 g/mol. The van der Waals surface area contributed by atoms with Crippen molar-refractivity contribution in [2.45, 2.75) is 32.6 Å². The van der Waals surface area contributed by atoms with Gasteiger partial charge < -0.3 is 0 Å². The minimum atomic E-state index is 1.07. The molecule has 0 saturated carbocycles. The van der Waals surface area contributed by atoms with Crippen LogP contribution < -0.4 is 0 Å². The van der Waals surface area contributed by atoms with Crippen molar-refractivity contribution in [2.75, 3.05) is 0 Å². The first kappa shape index (κ1) is 15.5. The number of pyridine rings is 1. The summed E-state index contributed by atoms with van der Waals surface area (Å²) in [6, 6.07) is 19.2. The maximum Gasteiger partial charge on any atom is 0.0712 e. The molecule has 1 nitrogen and oxygen atoms in total. The monoisotopic (exact) mass is 401 g/mol. The fourth-order valence-electron chi connectivity index (χ4n) is 2.83. The highest BCUT2D eigenvalue weighted by atomic mass is 127. The van der Waals surface area contributed by atoms with E-state index in [1.54, 1.807) is 0 Å². The van der Waals surface area contributed by atoms with Gasteiger partial charge in [0.05, 0.1) is 11.2 Å². The first-order chi connectivity index (χ1) is 10.8. The molecule has 1 heterocycles. The summed E-state index contributed by atoms with van der Waals surface area (Å²) < 4.78 is 1.30. The largest absolute Gasteiger partial charge is 0.252 e. The number of hydrogen-bond acceptors (Lipinski definition) is 1. The van der Waals surface area contributed by atoms with E-state index in [-0.39, 0.29) is 0 Å². The van der Waals surface area contributed by atoms with Crippen molar-refractivity contribution in [2.24, 2.45) is 0 Å². The molecule has 3 aromatic rings. The summed E-state index contributed by atoms with van der Waals surface area (Å²) in [5, 5.41) is 1.25. The van der Waals surface area contributed by atoms with Crippen LogP contribution >= 0.6 is 22.6 Å². The highest BCUT2D eigenvalue weighted by Gasteiger charge is 2.14. The van der Waals surface area contributed by atoms with Crippen molar-refractivity contribution in [1.29, 1.82) is 0 Å². The molecule has 3 rings (SSSR count). The Hall–Kier alpha value is -1.42. The van der Waals surface area contributed by atoms with Gasteiger partial charge in [0, 0.05) is 14.5 Å². The topological polar surface area (TPSA) is 12.9 Å². The molecule has 0 aliphatic carbocycles. The van der Waals surface area contributed by atoms with E-state index in [4.69, 9.17) is 4.98 Å². The van der Waals surface area contributed by atoms with E-state index in [0.717, 1.165) is 11.9 Å². The Morgan fingerprint density at radius 2 is 1.64 bits per heavy atom. The molecule has 0 bridgehead atoms. The van der Waals surface area contributed by atoms with Crippen LogP contribution in [0.1, 0.15) is 31.9 Å². The second kappa shape index (κ2) is 7.23. The number of hydrogen-bond donors (Lipinski definition) is 0. The van der Waals surface area contributed by atoms with Crippen LogP contribution in [-0.2, 0) is 6.42 Å². The standard InChI is InChI=1S/C20H20IN/c1-2-3-5-14-18-20(21)19(15-10-6-4-7-11-15)16-12-8-9-13-17(16)22-18/h4,6-13H,2-3,5,14H2,1H3. The third-order valence-electron chi connectivity index (χ3n) is 3.98. The fourth-order valence-corrected chi connectivity index (χ4v) is 3.83. The summed E-state index contributed by atoms with van der Waals surface area (Å²) in [4.78, 5) is 4.93. The van der Waals surface area contributed by atoms with Crippen molar-refractivity contribution >= 4 is 33.5 Å². The molecule has 22 heavy (non-hydrogen) atoms. The second-order valence-corrected chi connectivity index (χ2v) is 6.67. The summed E-state index contributed by atoms with van der Waals surface area (Å²) in [5.74, 6) is 0. The molecule has 0 unspecified atom stereocenters. The number of benzene rings is 2. The Labute approximate surface area is 145 Å². The molecule has 1 aromatic heterocycles. The van der Waals surface area contributed by atoms with Gasteiger partial charge in [-0.05, 0) is 47.1 Å². The van der Waals surface area contributed by atoms with Crippen LogP contribution in [0.3, 0.4) is 0 Å². The van der Waals surface area contributed by atoms with Gasteiger partial charge in [0.1, 0.15) is 0 Å². The number of rotatable bonds is 5. The zero-order valence-corrected chi connectivity index (χ0v) is 15.0. The van der Waals surface area contributed by atoms with Gasteiger partial charge >= 0.3 is 0 Å². The van der Waals surface area contributed by atoms with Gasteiger partial charge in [0.15, 0.2) is 0 Å². The first-order valence-electron chi connectivity index (χ1n) is 7.93. The molecule has 2 heteroatoms. The van der Waals surface area contributed by atoms with Crippen LogP contribution in [-0.4, -0.2) is 4.98 Å². The Morgan fingerprint density at radius 3 is 2.41 bits per heavy atom. The van der Waals surface area contributed by atoms with E-state index in [0.29, 0.717) is 0 Å². The summed E-state index contributed by atoms with van der Waals surface area (Å²) in [5.41, 5.74) is 4.96. The van der Waals surface area contributed by atoms with E-state index < -0.39 is 0 Å². The number of para-hydroxylation sites is 1. The van der Waals surface area contributed by atoms with Gasteiger partial charge in [-0.1, -0.05) is 68.3 Å². The van der Waals surface area contributed by atoms with Gasteiger partial charge in [-0.25, -0.2) is 0 Å². The Bertz CT molecular complexity index is 765. The SMILES string of the molecule is CCCCCc1nc2ccccc2c(-c2ccccc2)c1I. The van der Waals surface area contributed by atoms with Crippen LogP contribution in [0.15, 0.2) is 54.6 Å². The lowest BCUT2D eigenvalue weighted by atomic mass is 9.99. The third-order valence-corrected chi connectivity index (χ3v) is 5.14. The van der Waals surface area contributed by atoms with Crippen molar-refractivity contribution in [3.63, 3.8) is 0 Å². The fraction of sp³-hybridized carbons (Fsp3) is 0.250. The number of nitrogens with zero attached hydrogens (tertiary/aromatic N) is 1. The molecule has 2 aromatic carbocycles. The molecule has 0 atom stereocenters. The van der Waals surface area contributed by atoms with Gasteiger partial charge in [-0.2, -0.15) is 0 Å². The lowest BCUT2D eigenvalue weighted by Gasteiger charge is -2.13. The number of fused-ring (bicyclic) bond motifs is 1. The van der Waals surface area contributed by atoms with Crippen LogP contribution in [0.5, 0.6) is 0 Å². The summed E-state index contributed by atoms with van der Waals surface area (Å²) in [7, 11) is 0. The Balaban J connectivity index is 2.17. The van der Waals surface area contributed by atoms with Crippen LogP contribution in [0, 0.1) is 3.57 Å². The number of halogens is 1. The quantitative estimate of drug-likeness (QED) is 0.364. The molecule has 0 amide bonds. The Morgan fingerprint density at radius 1 is 0.909 bits per heavy atom. The number of aryl methyl sites for hydroxylation is 1. The van der Waals surface area contributed by atoms with Crippen LogP contribution in [0.2, 0.25) is 0 Å². The summed E-state index contributed by atoms with van der Waals surface area (Å²) >= 11 is 2.48. The lowest BCUT2D eigenvalue weighted by Crippen LogP contribution is -1.99. The van der Waals surface area contributed by atoms with Crippen molar-refractivity contribution in [3.05, 3.63) is 63.9 Å². The van der Waals surface area contributed by atoms with E-state index in [9.17, 15) is 0 Å². The number of unbranched alkanes of at least 4 members (excludes halogenated alkanes) is 2. The normalized spacial score (nSPS) is 11.0. The third kappa shape index (κ3) is 3.17. The van der Waals surface area contributed by atoms with Crippen LogP contribution in [0.4, 0.5) is 0 Å². The average Bonchev–Trinajstić information content (AvgIpc) is 2.56. The maximum atomic E-state index is 4.93. The predicted molar refractivity (Wildman–Crippen MR) is 103 cm³/mol. The van der Waals surface area contributed by atoms with Gasteiger partial charge in [-0.3, -0.25) is 4.98 Å². The van der Waals surface area contributed by atoms with Crippen molar-refractivity contribution in [3.8, 4) is 11.1 Å². The maximum absolute atomic E-state index is 4.93. The van der Waals surface area contributed by atoms with Gasteiger partial charge in [0.2, 0.25) is 0 Å². The van der Waals surface area contributed by atoms with E-state index in [1.807, 2.05) is 0 Å². The molecule has 0 radical (unpaired) electrons. The highest BCUT2D eigenvalue weighted by Crippen LogP contribution is 2.34. The minimum Gasteiger partial charge on any atom is -0.252 e. The van der Waals surface area contributed by atoms with Crippen LogP contribution in [0.25, 0.3) is 22.0 Å². The highest BCUT2D eigenvalue weighted by molar-refractivity contribution is 14.1. The van der Waals surface area contributed by atoms with Crippen molar-refractivity contribution < 1.29 is 0 Å². The summed E-state index contributed by atoms with van der Waals surface area (Å²) in [6.07, 6.45) is 4.80. The predicted octanol–water partition coefficient (Wildman–Crippen LogP) is 6.24. The molecular formula is C20H20IN. The van der Waals surface area contributed by atoms with E-state index in [2.05, 4.69) is 84.1 Å². The molecular weight excluding hydrogens is 381 g/mol. The van der Waals surface area contributed by atoms with E-state index >= 15 is 0 Å². The first-order valence-corrected chi connectivity index (χ1v) is 9.01. The smallest absolute Gasteiger partial charge is 0.0712 e. The summed E-state index contributed by atoms with van der Waals surface area (Å²) in [6.45, 7) is 2.24. The van der Waals surface area contributed by atoms with Gasteiger partial charge in [-0.15, -0.1) is 0 Å². The molecule has 0 N–H and O–H groups in total. The molecule has 0 fully saturated rings. The molecule has 0 aliphatic heterocycles. The second-order valence-electron chi connectivity index (χ2n) is 5.59. The molecule has 112 valence electrons. The zero-order chi connectivity index (χ0) is 15.4. The van der Waals surface area contributed by atoms with Gasteiger partial charge in [0.25, 0.3) is 0 Å². The van der Waals surface area contributed by atoms with E-state index in [1.165, 1.54) is 45.0 Å². The minimum absolute atomic E-state index is 1.07. The Kier molecular flexibility index (Phi) is 5.08. The molecule has 0 saturated heterocycles. The molecule has 0 aliphatic rings. The zero-order valence-electron chi connectivity index (χ0n) is 12.8. The van der Waals surface area contributed by atoms with Crippen molar-refractivity contribution in [1.82, 2.24) is 4.98 Å². The molecule has 0 spiro atoms. The number of aromatic nitrogens is 1.